The Morgan fingerprint density at radius 2 is 2.29 bits per heavy atom. The summed E-state index contributed by atoms with van der Waals surface area (Å²) < 4.78 is 2.15. The van der Waals surface area contributed by atoms with Crippen LogP contribution < -0.4 is 0 Å². The van der Waals surface area contributed by atoms with Crippen molar-refractivity contribution in [3.05, 3.63) is 23.8 Å². The van der Waals surface area contributed by atoms with Gasteiger partial charge in [0.15, 0.2) is 0 Å². The minimum atomic E-state index is 0.0961. The lowest BCUT2D eigenvalue weighted by molar-refractivity contribution is 0.283. The van der Waals surface area contributed by atoms with Gasteiger partial charge in [0.05, 0.1) is 10.8 Å². The van der Waals surface area contributed by atoms with Gasteiger partial charge >= 0.3 is 0 Å². The summed E-state index contributed by atoms with van der Waals surface area (Å²) in [5.41, 5.74) is 0.989. The zero-order valence-corrected chi connectivity index (χ0v) is 10.2. The first-order chi connectivity index (χ1) is 6.76. The Kier molecular flexibility index (Phi) is 3.07. The monoisotopic (exact) mass is 242 g/mol. The van der Waals surface area contributed by atoms with Crippen molar-refractivity contribution in [3.8, 4) is 0 Å². The highest BCUT2D eigenvalue weighted by molar-refractivity contribution is 7.98. The van der Waals surface area contributed by atoms with Crippen molar-refractivity contribution < 1.29 is 5.11 Å². The molecule has 0 radical (unpaired) electrons. The number of aliphatic hydroxyl groups excluding tert-OH is 1. The van der Waals surface area contributed by atoms with E-state index >= 15 is 0 Å². The molecular weight excluding hydrogens is 232 g/mol. The molecule has 0 atom stereocenters. The summed E-state index contributed by atoms with van der Waals surface area (Å²) in [5, 5.41) is 10.4. The molecule has 2 aromatic rings. The Labute approximate surface area is 96.6 Å². The highest BCUT2D eigenvalue weighted by Gasteiger charge is 2.08. The Morgan fingerprint density at radius 3 is 2.93 bits per heavy atom. The van der Waals surface area contributed by atoms with E-state index in [1.54, 1.807) is 23.1 Å². The number of thioether (sulfide) groups is 1. The summed E-state index contributed by atoms with van der Waals surface area (Å²) in [6.45, 7) is 0.0961. The predicted molar refractivity (Wildman–Crippen MR) is 66.8 cm³/mol. The molecule has 0 bridgehead atoms. The van der Waals surface area contributed by atoms with Gasteiger partial charge in [-0.1, -0.05) is 6.07 Å². The minimum Gasteiger partial charge on any atom is -0.392 e. The lowest BCUT2D eigenvalue weighted by Crippen LogP contribution is -1.83. The van der Waals surface area contributed by atoms with Gasteiger partial charge in [-0.15, -0.1) is 35.7 Å². The van der Waals surface area contributed by atoms with E-state index < -0.39 is 0 Å². The van der Waals surface area contributed by atoms with Crippen LogP contribution in [0.15, 0.2) is 27.3 Å². The van der Waals surface area contributed by atoms with Crippen molar-refractivity contribution in [1.82, 2.24) is 0 Å². The summed E-state index contributed by atoms with van der Waals surface area (Å²) >= 11 is 7.69. The Morgan fingerprint density at radius 1 is 1.50 bits per heavy atom. The number of thiophene rings is 1. The van der Waals surface area contributed by atoms with Gasteiger partial charge in [-0.05, 0) is 24.0 Å². The van der Waals surface area contributed by atoms with E-state index in [4.69, 9.17) is 0 Å². The quantitative estimate of drug-likeness (QED) is 0.622. The van der Waals surface area contributed by atoms with Gasteiger partial charge in [-0.25, -0.2) is 0 Å². The maximum absolute atomic E-state index is 9.18. The first-order valence-electron chi connectivity index (χ1n) is 4.15. The molecule has 74 valence electrons. The van der Waals surface area contributed by atoms with Crippen LogP contribution in [0.25, 0.3) is 10.1 Å². The number of hydrogen-bond donors (Lipinski definition) is 2. The van der Waals surface area contributed by atoms with E-state index in [1.165, 1.54) is 10.3 Å². The lowest BCUT2D eigenvalue weighted by atomic mass is 10.2. The first-order valence-corrected chi connectivity index (χ1v) is 6.64. The number of aliphatic hydroxyl groups is 1. The van der Waals surface area contributed by atoms with Gasteiger partial charge in [-0.2, -0.15) is 0 Å². The molecule has 0 aliphatic heterocycles. The molecule has 0 aliphatic carbocycles. The topological polar surface area (TPSA) is 20.2 Å². The molecule has 2 rings (SSSR count). The number of rotatable bonds is 2. The number of fused-ring (bicyclic) bond motifs is 1. The molecule has 0 saturated carbocycles. The molecule has 0 fully saturated rings. The minimum absolute atomic E-state index is 0.0961. The van der Waals surface area contributed by atoms with Gasteiger partial charge in [0.25, 0.3) is 0 Å². The summed E-state index contributed by atoms with van der Waals surface area (Å²) in [7, 11) is 0. The van der Waals surface area contributed by atoms with Gasteiger partial charge < -0.3 is 5.11 Å². The molecular formula is C10H10OS3. The SMILES string of the molecule is CSc1ccc(CO)c2sc(S)cc12. The van der Waals surface area contributed by atoms with Crippen LogP contribution in [0.5, 0.6) is 0 Å². The molecule has 1 heterocycles. The number of hydrogen-bond acceptors (Lipinski definition) is 4. The fourth-order valence-electron chi connectivity index (χ4n) is 1.44. The van der Waals surface area contributed by atoms with Crippen molar-refractivity contribution in [2.45, 2.75) is 15.7 Å². The maximum Gasteiger partial charge on any atom is 0.0695 e. The second-order valence-corrected chi connectivity index (χ2v) is 5.60. The van der Waals surface area contributed by atoms with E-state index in [9.17, 15) is 5.11 Å². The maximum atomic E-state index is 9.18. The van der Waals surface area contributed by atoms with Crippen LogP contribution in [-0.4, -0.2) is 11.4 Å². The second-order valence-electron chi connectivity index (χ2n) is 2.91. The molecule has 1 N–H and O–H groups in total. The van der Waals surface area contributed by atoms with Gasteiger partial charge in [0.2, 0.25) is 0 Å². The van der Waals surface area contributed by atoms with Gasteiger partial charge in [-0.3, -0.25) is 0 Å². The van der Waals surface area contributed by atoms with E-state index in [2.05, 4.69) is 31.0 Å². The van der Waals surface area contributed by atoms with Crippen molar-refractivity contribution in [2.75, 3.05) is 6.26 Å². The summed E-state index contributed by atoms with van der Waals surface area (Å²) in [5.74, 6) is 0. The number of thiol groups is 1. The molecule has 14 heavy (non-hydrogen) atoms. The third-order valence-corrected chi connectivity index (χ3v) is 4.31. The van der Waals surface area contributed by atoms with Crippen molar-refractivity contribution in [1.29, 1.82) is 0 Å². The Hall–Kier alpha value is -0.160. The average Bonchev–Trinajstić information content (AvgIpc) is 2.57. The van der Waals surface area contributed by atoms with Crippen LogP contribution in [0.2, 0.25) is 0 Å². The summed E-state index contributed by atoms with van der Waals surface area (Å²) in [4.78, 5) is 1.24. The van der Waals surface area contributed by atoms with Crippen LogP contribution in [0.3, 0.4) is 0 Å². The standard InChI is InChI=1S/C10H10OS3/c1-13-8-3-2-6(5-11)10-7(8)4-9(12)14-10/h2-4,11-12H,5H2,1H3. The third kappa shape index (κ3) is 1.67. The van der Waals surface area contributed by atoms with Crippen LogP contribution in [-0.2, 0) is 6.61 Å². The Balaban J connectivity index is 2.77. The normalized spacial score (nSPS) is 11.1. The van der Waals surface area contributed by atoms with E-state index in [-0.39, 0.29) is 6.61 Å². The zero-order chi connectivity index (χ0) is 10.1. The van der Waals surface area contributed by atoms with Crippen LogP contribution >= 0.6 is 35.7 Å². The fraction of sp³-hybridized carbons (Fsp3) is 0.200. The van der Waals surface area contributed by atoms with Crippen LogP contribution in [0.4, 0.5) is 0 Å². The van der Waals surface area contributed by atoms with Gasteiger partial charge in [0.1, 0.15) is 0 Å². The molecule has 0 unspecified atom stereocenters. The largest absolute Gasteiger partial charge is 0.392 e. The van der Waals surface area contributed by atoms with E-state index in [0.717, 1.165) is 14.5 Å². The Bertz CT molecular complexity index is 421. The first kappa shape index (κ1) is 10.4. The van der Waals surface area contributed by atoms with E-state index in [1.807, 2.05) is 6.07 Å². The van der Waals surface area contributed by atoms with E-state index in [0.29, 0.717) is 0 Å². The molecule has 1 aromatic heterocycles. The molecule has 0 amide bonds. The molecule has 1 nitrogen and oxygen atoms in total. The number of benzene rings is 1. The predicted octanol–water partition coefficient (Wildman–Crippen LogP) is 3.40. The smallest absolute Gasteiger partial charge is 0.0695 e. The lowest BCUT2D eigenvalue weighted by Gasteiger charge is -2.02. The highest BCUT2D eigenvalue weighted by Crippen LogP contribution is 2.36. The molecule has 0 spiro atoms. The zero-order valence-electron chi connectivity index (χ0n) is 7.65. The molecule has 0 saturated heterocycles. The molecule has 4 heteroatoms. The summed E-state index contributed by atoms with van der Waals surface area (Å²) in [6, 6.07) is 6.10. The van der Waals surface area contributed by atoms with Crippen molar-refractivity contribution >= 4 is 45.8 Å². The third-order valence-electron chi connectivity index (χ3n) is 2.10. The second kappa shape index (κ2) is 4.14. The van der Waals surface area contributed by atoms with Crippen LogP contribution in [0, 0.1) is 0 Å². The average molecular weight is 242 g/mol. The highest BCUT2D eigenvalue weighted by atomic mass is 32.2. The van der Waals surface area contributed by atoms with Gasteiger partial charge in [0, 0.05) is 15.0 Å². The summed E-state index contributed by atoms with van der Waals surface area (Å²) in [6.07, 6.45) is 2.06. The fourth-order valence-corrected chi connectivity index (χ4v) is 3.42. The van der Waals surface area contributed by atoms with Crippen molar-refractivity contribution in [2.24, 2.45) is 0 Å². The van der Waals surface area contributed by atoms with Crippen molar-refractivity contribution in [3.63, 3.8) is 0 Å². The molecule has 0 aliphatic rings. The molecule has 1 aromatic carbocycles. The van der Waals surface area contributed by atoms with Crippen LogP contribution in [0.1, 0.15) is 5.56 Å².